The molecule has 3 aromatic heterocycles. The Kier molecular flexibility index (Phi) is 5.85. The van der Waals surface area contributed by atoms with Crippen LogP contribution in [0.3, 0.4) is 0 Å². The summed E-state index contributed by atoms with van der Waals surface area (Å²) in [6, 6.07) is 11.3. The van der Waals surface area contributed by atoms with Gasteiger partial charge in [-0.2, -0.15) is 0 Å². The van der Waals surface area contributed by atoms with E-state index >= 15 is 0 Å². The van der Waals surface area contributed by atoms with Gasteiger partial charge in [0.05, 0.1) is 25.0 Å². The standard InChI is InChI=1S/C24H26N6O2/c1-5-32-21(25)17-10-8-16(9-11-17)14-30-23-19(29(4)24(30)31)13-27-22(28-23)18-7-6-12-26-20(18)15(2)3/h6-13,15,25H,5,14H2,1-4H3. The van der Waals surface area contributed by atoms with Crippen molar-refractivity contribution in [3.63, 3.8) is 0 Å². The molecule has 1 aromatic carbocycles. The second-order valence-corrected chi connectivity index (χ2v) is 7.88. The highest BCUT2D eigenvalue weighted by Gasteiger charge is 2.17. The Hall–Kier alpha value is -3.81. The molecule has 1 N–H and O–H groups in total. The minimum Gasteiger partial charge on any atom is -0.478 e. The lowest BCUT2D eigenvalue weighted by Crippen LogP contribution is -2.23. The van der Waals surface area contributed by atoms with Gasteiger partial charge >= 0.3 is 5.69 Å². The average molecular weight is 431 g/mol. The highest BCUT2D eigenvalue weighted by atomic mass is 16.5. The topological polar surface area (TPSA) is 98.7 Å². The molecule has 3 heterocycles. The molecule has 0 bridgehead atoms. The van der Waals surface area contributed by atoms with Crippen LogP contribution in [0.25, 0.3) is 22.6 Å². The summed E-state index contributed by atoms with van der Waals surface area (Å²) >= 11 is 0. The number of imidazole rings is 1. The molecule has 4 aromatic rings. The summed E-state index contributed by atoms with van der Waals surface area (Å²) < 4.78 is 8.46. The molecule has 0 saturated carbocycles. The zero-order valence-corrected chi connectivity index (χ0v) is 18.7. The fourth-order valence-corrected chi connectivity index (χ4v) is 3.69. The van der Waals surface area contributed by atoms with Gasteiger partial charge in [0, 0.05) is 24.4 Å². The van der Waals surface area contributed by atoms with Crippen LogP contribution in [0.15, 0.2) is 53.6 Å². The van der Waals surface area contributed by atoms with E-state index in [0.717, 1.165) is 16.8 Å². The van der Waals surface area contributed by atoms with Crippen LogP contribution < -0.4 is 5.69 Å². The number of rotatable bonds is 6. The van der Waals surface area contributed by atoms with Crippen molar-refractivity contribution in [1.29, 1.82) is 5.41 Å². The Morgan fingerprint density at radius 1 is 1.16 bits per heavy atom. The molecule has 0 aliphatic heterocycles. The lowest BCUT2D eigenvalue weighted by molar-refractivity contribution is 0.325. The first kappa shape index (κ1) is 21.4. The van der Waals surface area contributed by atoms with E-state index in [1.807, 2.05) is 43.3 Å². The number of pyridine rings is 1. The molecule has 8 heteroatoms. The van der Waals surface area contributed by atoms with E-state index in [2.05, 4.69) is 23.8 Å². The maximum atomic E-state index is 13.0. The van der Waals surface area contributed by atoms with Crippen LogP contribution >= 0.6 is 0 Å². The molecule has 4 rings (SSSR count). The maximum absolute atomic E-state index is 13.0. The Morgan fingerprint density at radius 3 is 2.59 bits per heavy atom. The smallest absolute Gasteiger partial charge is 0.330 e. The third-order valence-corrected chi connectivity index (χ3v) is 5.36. The highest BCUT2D eigenvalue weighted by Crippen LogP contribution is 2.25. The molecule has 0 radical (unpaired) electrons. The van der Waals surface area contributed by atoms with E-state index in [9.17, 15) is 4.79 Å². The molecule has 0 spiro atoms. The molecule has 164 valence electrons. The molecular formula is C24H26N6O2. The minimum atomic E-state index is -0.159. The van der Waals surface area contributed by atoms with Gasteiger partial charge in [-0.25, -0.2) is 14.8 Å². The van der Waals surface area contributed by atoms with Crippen molar-refractivity contribution >= 4 is 17.1 Å². The first-order chi connectivity index (χ1) is 15.4. The van der Waals surface area contributed by atoms with Gasteiger partial charge in [-0.1, -0.05) is 26.0 Å². The molecule has 0 aliphatic carbocycles. The Morgan fingerprint density at radius 2 is 1.91 bits per heavy atom. The van der Waals surface area contributed by atoms with Gasteiger partial charge in [-0.15, -0.1) is 0 Å². The van der Waals surface area contributed by atoms with E-state index in [0.29, 0.717) is 35.7 Å². The van der Waals surface area contributed by atoms with Gasteiger partial charge in [-0.05, 0) is 42.7 Å². The normalized spacial score (nSPS) is 11.3. The van der Waals surface area contributed by atoms with Crippen LogP contribution in [-0.2, 0) is 18.3 Å². The number of nitrogens with one attached hydrogen (secondary N) is 1. The Labute approximate surface area is 186 Å². The zero-order chi connectivity index (χ0) is 22.8. The van der Waals surface area contributed by atoms with Crippen LogP contribution in [0.1, 0.15) is 43.5 Å². The summed E-state index contributed by atoms with van der Waals surface area (Å²) in [7, 11) is 1.72. The van der Waals surface area contributed by atoms with Crippen LogP contribution in [0.4, 0.5) is 0 Å². The molecule has 8 nitrogen and oxygen atoms in total. The Bertz CT molecular complexity index is 1340. The van der Waals surface area contributed by atoms with Crippen molar-refractivity contribution in [3.05, 3.63) is 76.1 Å². The number of hydrogen-bond donors (Lipinski definition) is 1. The predicted octanol–water partition coefficient (Wildman–Crippen LogP) is 3.73. The number of aryl methyl sites for hydroxylation is 1. The van der Waals surface area contributed by atoms with Crippen molar-refractivity contribution < 1.29 is 4.74 Å². The molecule has 32 heavy (non-hydrogen) atoms. The third-order valence-electron chi connectivity index (χ3n) is 5.36. The SMILES string of the molecule is CCOC(=N)c1ccc(Cn2c(=O)n(C)c3cnc(-c4cccnc4C(C)C)nc32)cc1. The largest absolute Gasteiger partial charge is 0.478 e. The average Bonchev–Trinajstić information content (AvgIpc) is 3.04. The van der Waals surface area contributed by atoms with E-state index < -0.39 is 0 Å². The van der Waals surface area contributed by atoms with Gasteiger partial charge in [-0.3, -0.25) is 19.5 Å². The van der Waals surface area contributed by atoms with Crippen molar-refractivity contribution in [3.8, 4) is 11.4 Å². The van der Waals surface area contributed by atoms with Crippen LogP contribution in [0, 0.1) is 5.41 Å². The molecular weight excluding hydrogens is 404 g/mol. The van der Waals surface area contributed by atoms with Gasteiger partial charge in [0.15, 0.2) is 11.5 Å². The number of benzene rings is 1. The lowest BCUT2D eigenvalue weighted by Gasteiger charge is -2.10. The second-order valence-electron chi connectivity index (χ2n) is 7.88. The predicted molar refractivity (Wildman–Crippen MR) is 124 cm³/mol. The molecule has 0 saturated heterocycles. The number of hydrogen-bond acceptors (Lipinski definition) is 6. The Balaban J connectivity index is 1.76. The fraction of sp³-hybridized carbons (Fsp3) is 0.292. The van der Waals surface area contributed by atoms with Gasteiger partial charge in [0.1, 0.15) is 5.52 Å². The molecule has 0 atom stereocenters. The summed E-state index contributed by atoms with van der Waals surface area (Å²) in [5, 5.41) is 7.92. The zero-order valence-electron chi connectivity index (χ0n) is 18.7. The maximum Gasteiger partial charge on any atom is 0.330 e. The van der Waals surface area contributed by atoms with Gasteiger partial charge in [0.2, 0.25) is 5.90 Å². The molecule has 0 unspecified atom stereocenters. The minimum absolute atomic E-state index is 0.135. The number of fused-ring (bicyclic) bond motifs is 1. The van der Waals surface area contributed by atoms with Crippen LogP contribution in [0.2, 0.25) is 0 Å². The van der Waals surface area contributed by atoms with Crippen molar-refractivity contribution in [2.75, 3.05) is 6.61 Å². The van der Waals surface area contributed by atoms with Crippen molar-refractivity contribution in [2.24, 2.45) is 7.05 Å². The summed E-state index contributed by atoms with van der Waals surface area (Å²) in [5.74, 6) is 0.905. The third kappa shape index (κ3) is 3.91. The summed E-state index contributed by atoms with van der Waals surface area (Å²) in [5.41, 5.74) is 4.50. The van der Waals surface area contributed by atoms with Gasteiger partial charge in [0.25, 0.3) is 0 Å². The van der Waals surface area contributed by atoms with Gasteiger partial charge < -0.3 is 4.74 Å². The summed E-state index contributed by atoms with van der Waals surface area (Å²) in [6.45, 7) is 6.82. The second kappa shape index (κ2) is 8.74. The molecule has 0 aliphatic rings. The van der Waals surface area contributed by atoms with E-state index in [1.54, 1.807) is 28.6 Å². The first-order valence-corrected chi connectivity index (χ1v) is 10.6. The monoisotopic (exact) mass is 430 g/mol. The van der Waals surface area contributed by atoms with Crippen LogP contribution in [-0.4, -0.2) is 36.6 Å². The number of aromatic nitrogens is 5. The summed E-state index contributed by atoms with van der Waals surface area (Å²) in [6.07, 6.45) is 3.46. The molecule has 0 amide bonds. The lowest BCUT2D eigenvalue weighted by atomic mass is 10.0. The van der Waals surface area contributed by atoms with E-state index in [1.165, 1.54) is 0 Å². The van der Waals surface area contributed by atoms with Crippen molar-refractivity contribution in [2.45, 2.75) is 33.2 Å². The number of nitrogens with zero attached hydrogens (tertiary/aromatic N) is 5. The first-order valence-electron chi connectivity index (χ1n) is 10.6. The van der Waals surface area contributed by atoms with Crippen molar-refractivity contribution in [1.82, 2.24) is 24.1 Å². The molecule has 0 fully saturated rings. The summed E-state index contributed by atoms with van der Waals surface area (Å²) in [4.78, 5) is 26.8. The van der Waals surface area contributed by atoms with E-state index in [-0.39, 0.29) is 17.5 Å². The van der Waals surface area contributed by atoms with Crippen LogP contribution in [0.5, 0.6) is 0 Å². The highest BCUT2D eigenvalue weighted by molar-refractivity contribution is 5.91. The quantitative estimate of drug-likeness (QED) is 0.371. The number of ether oxygens (including phenoxy) is 1. The van der Waals surface area contributed by atoms with E-state index in [4.69, 9.17) is 15.1 Å². The fourth-order valence-electron chi connectivity index (χ4n) is 3.69.